The van der Waals surface area contributed by atoms with E-state index in [0.29, 0.717) is 37.8 Å². The van der Waals surface area contributed by atoms with Gasteiger partial charge in [0, 0.05) is 41.7 Å². The van der Waals surface area contributed by atoms with Crippen LogP contribution in [-0.4, -0.2) is 69.4 Å². The van der Waals surface area contributed by atoms with E-state index in [2.05, 4.69) is 33.8 Å². The number of piperidine rings is 1. The molecule has 7 rings (SSSR count). The number of hydrogen-bond donors (Lipinski definition) is 1. The highest BCUT2D eigenvalue weighted by atomic mass is 16.5. The summed E-state index contributed by atoms with van der Waals surface area (Å²) in [6.45, 7) is 7.03. The average molecular weight is 514 g/mol. The molecule has 6 heterocycles. The first-order valence-corrected chi connectivity index (χ1v) is 13.6. The summed E-state index contributed by atoms with van der Waals surface area (Å²) in [5.74, 6) is -0.830. The maximum absolute atomic E-state index is 13.2. The second-order valence-corrected chi connectivity index (χ2v) is 11.0. The SMILES string of the molecule is Cc1cc2c(CN3CCCC3)cc(-c3ccc4c(c3)CN(C3CCC(=O)NC3=O)C4=O)nc2n1C1COC1. The summed E-state index contributed by atoms with van der Waals surface area (Å²) in [4.78, 5) is 46.5. The van der Waals surface area contributed by atoms with E-state index in [9.17, 15) is 14.4 Å². The Balaban J connectivity index is 1.27. The number of aryl methyl sites for hydroxylation is 1. The Morgan fingerprint density at radius 2 is 1.89 bits per heavy atom. The normalized spacial score (nSPS) is 22.3. The molecule has 1 atom stereocenters. The first-order chi connectivity index (χ1) is 18.5. The fourth-order valence-electron chi connectivity index (χ4n) is 6.41. The fourth-order valence-corrected chi connectivity index (χ4v) is 6.41. The lowest BCUT2D eigenvalue weighted by molar-refractivity contribution is -0.136. The van der Waals surface area contributed by atoms with Crippen molar-refractivity contribution in [2.24, 2.45) is 0 Å². The lowest BCUT2D eigenvalue weighted by Gasteiger charge is -2.29. The molecule has 3 aromatic rings. The Morgan fingerprint density at radius 3 is 2.63 bits per heavy atom. The molecule has 4 aliphatic rings. The van der Waals surface area contributed by atoms with Crippen molar-refractivity contribution < 1.29 is 19.1 Å². The Bertz CT molecular complexity index is 1480. The zero-order valence-electron chi connectivity index (χ0n) is 21.5. The molecular weight excluding hydrogens is 482 g/mol. The Hall–Kier alpha value is -3.56. The molecule has 2 aromatic heterocycles. The lowest BCUT2D eigenvalue weighted by atomic mass is 10.0. The molecule has 0 bridgehead atoms. The minimum atomic E-state index is -0.617. The third kappa shape index (κ3) is 3.84. The van der Waals surface area contributed by atoms with Crippen molar-refractivity contribution in [1.82, 2.24) is 24.7 Å². The van der Waals surface area contributed by atoms with Crippen LogP contribution in [0.4, 0.5) is 0 Å². The number of pyridine rings is 1. The largest absolute Gasteiger partial charge is 0.377 e. The van der Waals surface area contributed by atoms with Gasteiger partial charge in [0.25, 0.3) is 5.91 Å². The van der Waals surface area contributed by atoms with Crippen molar-refractivity contribution in [3.05, 3.63) is 52.7 Å². The predicted molar refractivity (Wildman–Crippen MR) is 140 cm³/mol. The van der Waals surface area contributed by atoms with E-state index in [4.69, 9.17) is 9.72 Å². The minimum absolute atomic E-state index is 0.159. The van der Waals surface area contributed by atoms with Crippen molar-refractivity contribution in [3.8, 4) is 11.3 Å². The molecule has 9 nitrogen and oxygen atoms in total. The molecule has 196 valence electrons. The quantitative estimate of drug-likeness (QED) is 0.527. The molecule has 4 aliphatic heterocycles. The van der Waals surface area contributed by atoms with Crippen LogP contribution < -0.4 is 5.32 Å². The molecule has 3 amide bonds. The summed E-state index contributed by atoms with van der Waals surface area (Å²) in [7, 11) is 0. The zero-order chi connectivity index (χ0) is 26.0. The van der Waals surface area contributed by atoms with E-state index < -0.39 is 11.9 Å². The molecular formula is C29H31N5O4. The zero-order valence-corrected chi connectivity index (χ0v) is 21.5. The number of carbonyl (C=O) groups is 3. The van der Waals surface area contributed by atoms with Crippen LogP contribution in [0, 0.1) is 6.92 Å². The highest BCUT2D eigenvalue weighted by Crippen LogP contribution is 2.35. The molecule has 0 aliphatic carbocycles. The first-order valence-electron chi connectivity index (χ1n) is 13.6. The van der Waals surface area contributed by atoms with Crippen LogP contribution in [0.1, 0.15) is 58.9 Å². The minimum Gasteiger partial charge on any atom is -0.377 e. The van der Waals surface area contributed by atoms with Crippen LogP contribution in [0.5, 0.6) is 0 Å². The molecule has 0 saturated carbocycles. The van der Waals surface area contributed by atoms with Gasteiger partial charge in [-0.3, -0.25) is 24.6 Å². The van der Waals surface area contributed by atoms with Crippen LogP contribution in [0.3, 0.4) is 0 Å². The number of imide groups is 1. The van der Waals surface area contributed by atoms with Gasteiger partial charge in [-0.15, -0.1) is 0 Å². The van der Waals surface area contributed by atoms with Crippen LogP contribution >= 0.6 is 0 Å². The summed E-state index contributed by atoms with van der Waals surface area (Å²) in [5, 5.41) is 3.57. The number of hydrogen-bond acceptors (Lipinski definition) is 6. The summed E-state index contributed by atoms with van der Waals surface area (Å²) >= 11 is 0. The van der Waals surface area contributed by atoms with E-state index in [1.807, 2.05) is 18.2 Å². The number of rotatable bonds is 5. The van der Waals surface area contributed by atoms with Gasteiger partial charge < -0.3 is 14.2 Å². The number of likely N-dealkylation sites (tertiary alicyclic amines) is 1. The van der Waals surface area contributed by atoms with Gasteiger partial charge >= 0.3 is 0 Å². The van der Waals surface area contributed by atoms with Crippen molar-refractivity contribution in [1.29, 1.82) is 0 Å². The van der Waals surface area contributed by atoms with Crippen LogP contribution in [0.2, 0.25) is 0 Å². The van der Waals surface area contributed by atoms with Gasteiger partial charge in [-0.25, -0.2) is 4.98 Å². The van der Waals surface area contributed by atoms with E-state index in [-0.39, 0.29) is 18.2 Å². The number of aromatic nitrogens is 2. The number of amides is 3. The molecule has 3 saturated heterocycles. The highest BCUT2D eigenvalue weighted by Gasteiger charge is 2.39. The maximum Gasteiger partial charge on any atom is 0.255 e. The summed E-state index contributed by atoms with van der Waals surface area (Å²) < 4.78 is 7.83. The molecule has 9 heteroatoms. The summed E-state index contributed by atoms with van der Waals surface area (Å²) in [6, 6.07) is 10.0. The monoisotopic (exact) mass is 513 g/mol. The molecule has 38 heavy (non-hydrogen) atoms. The molecule has 1 unspecified atom stereocenters. The van der Waals surface area contributed by atoms with E-state index in [1.54, 1.807) is 4.90 Å². The first kappa shape index (κ1) is 23.5. The van der Waals surface area contributed by atoms with Crippen molar-refractivity contribution >= 4 is 28.8 Å². The smallest absolute Gasteiger partial charge is 0.255 e. The maximum atomic E-state index is 13.2. The van der Waals surface area contributed by atoms with Gasteiger partial charge in [0.1, 0.15) is 11.7 Å². The average Bonchev–Trinajstić information content (AvgIpc) is 3.57. The number of benzene rings is 1. The third-order valence-electron chi connectivity index (χ3n) is 8.48. The van der Waals surface area contributed by atoms with Gasteiger partial charge in [0.2, 0.25) is 11.8 Å². The molecule has 0 radical (unpaired) electrons. The van der Waals surface area contributed by atoms with Crippen molar-refractivity contribution in [3.63, 3.8) is 0 Å². The van der Waals surface area contributed by atoms with Crippen LogP contribution in [0.15, 0.2) is 30.3 Å². The van der Waals surface area contributed by atoms with Crippen LogP contribution in [0.25, 0.3) is 22.3 Å². The molecule has 1 N–H and O–H groups in total. The van der Waals surface area contributed by atoms with Gasteiger partial charge in [0.15, 0.2) is 0 Å². The van der Waals surface area contributed by atoms with Crippen molar-refractivity contribution in [2.75, 3.05) is 26.3 Å². The van der Waals surface area contributed by atoms with Gasteiger partial charge in [-0.2, -0.15) is 0 Å². The molecule has 1 aromatic carbocycles. The van der Waals surface area contributed by atoms with Gasteiger partial charge in [-0.1, -0.05) is 6.07 Å². The van der Waals surface area contributed by atoms with E-state index in [1.165, 1.54) is 29.5 Å². The van der Waals surface area contributed by atoms with Crippen LogP contribution in [-0.2, 0) is 27.4 Å². The third-order valence-corrected chi connectivity index (χ3v) is 8.48. The Morgan fingerprint density at radius 1 is 1.08 bits per heavy atom. The number of nitrogens with one attached hydrogen (secondary N) is 1. The Labute approximate surface area is 220 Å². The number of nitrogens with zero attached hydrogens (tertiary/aromatic N) is 4. The second-order valence-electron chi connectivity index (χ2n) is 11.0. The van der Waals surface area contributed by atoms with Gasteiger partial charge in [0.05, 0.1) is 24.9 Å². The standard InChI is InChI=1S/C29H31N5O4/c1-17-10-23-20(13-32-8-2-3-9-32)12-24(30-27(23)34(17)21-15-38-16-21)18-4-5-22-19(11-18)14-33(29(22)37)25-6-7-26(35)31-28(25)36/h4-5,10-12,21,25H,2-3,6-9,13-16H2,1H3,(H,31,35,36). The summed E-state index contributed by atoms with van der Waals surface area (Å²) in [6.07, 6.45) is 3.08. The summed E-state index contributed by atoms with van der Waals surface area (Å²) in [5.41, 5.74) is 6.81. The number of carbonyl (C=O) groups excluding carboxylic acids is 3. The topological polar surface area (TPSA) is 96.8 Å². The second kappa shape index (κ2) is 9.03. The fraction of sp³-hybridized carbons (Fsp3) is 0.448. The Kier molecular flexibility index (Phi) is 5.59. The molecule has 0 spiro atoms. The number of ether oxygens (including phenoxy) is 1. The highest BCUT2D eigenvalue weighted by molar-refractivity contribution is 6.05. The van der Waals surface area contributed by atoms with E-state index >= 15 is 0 Å². The van der Waals surface area contributed by atoms with Gasteiger partial charge in [-0.05, 0) is 74.7 Å². The lowest BCUT2D eigenvalue weighted by Crippen LogP contribution is -2.52. The number of fused-ring (bicyclic) bond motifs is 2. The predicted octanol–water partition coefficient (Wildman–Crippen LogP) is 2.94. The molecule has 3 fully saturated rings. The van der Waals surface area contributed by atoms with Crippen molar-refractivity contribution in [2.45, 2.75) is 57.8 Å². The van der Waals surface area contributed by atoms with E-state index in [0.717, 1.165) is 42.1 Å².